The summed E-state index contributed by atoms with van der Waals surface area (Å²) >= 11 is 5.83. The first kappa shape index (κ1) is 35.8. The van der Waals surface area contributed by atoms with Crippen LogP contribution in [0.4, 0.5) is 17.1 Å². The Hall–Kier alpha value is -5.62. The third kappa shape index (κ3) is 5.90. The van der Waals surface area contributed by atoms with E-state index in [1.54, 1.807) is 0 Å². The van der Waals surface area contributed by atoms with Gasteiger partial charge in [0.25, 0.3) is 0 Å². The zero-order valence-corrected chi connectivity index (χ0v) is 35.5. The van der Waals surface area contributed by atoms with Crippen molar-refractivity contribution in [2.45, 2.75) is 52.4 Å². The largest absolute Gasteiger partial charge is 0.309 e. The molecule has 10 rings (SSSR count). The van der Waals surface area contributed by atoms with Gasteiger partial charge in [0, 0.05) is 64.2 Å². The van der Waals surface area contributed by atoms with E-state index in [1.165, 1.54) is 65.0 Å². The van der Waals surface area contributed by atoms with Gasteiger partial charge in [0.2, 0.25) is 0 Å². The highest BCUT2D eigenvalue weighted by molar-refractivity contribution is 9.10. The quantitative estimate of drug-likeness (QED) is 0.169. The molecule has 5 heteroatoms. The number of hydrogen-bond donors (Lipinski definition) is 0. The highest BCUT2D eigenvalue weighted by Crippen LogP contribution is 2.46. The van der Waals surface area contributed by atoms with Crippen molar-refractivity contribution in [3.8, 4) is 11.4 Å². The van der Waals surface area contributed by atoms with Gasteiger partial charge in [-0.3, -0.25) is 0 Å². The van der Waals surface area contributed by atoms with E-state index in [9.17, 15) is 0 Å². The average Bonchev–Trinajstić information content (AvgIpc) is 3.87. The molecule has 57 heavy (non-hydrogen) atoms. The van der Waals surface area contributed by atoms with Crippen LogP contribution in [0.3, 0.4) is 0 Å². The zero-order valence-electron chi connectivity index (χ0n) is 33.1. The third-order valence-electron chi connectivity index (χ3n) is 11.5. The van der Waals surface area contributed by atoms with E-state index < -0.39 is 0 Å². The maximum absolute atomic E-state index is 4.01. The molecule has 0 bridgehead atoms. The van der Waals surface area contributed by atoms with E-state index >= 15 is 0 Å². The molecule has 0 N–H and O–H groups in total. The van der Waals surface area contributed by atoms with Crippen molar-refractivity contribution in [1.29, 1.82) is 0 Å². The summed E-state index contributed by atoms with van der Waals surface area (Å²) < 4.78 is 7.22. The minimum Gasteiger partial charge on any atom is -0.309 e. The third-order valence-corrected chi connectivity index (χ3v) is 13.1. The molecular formula is C52H44BrN3S. The van der Waals surface area contributed by atoms with Gasteiger partial charge in [-0.05, 0) is 117 Å². The lowest BCUT2D eigenvalue weighted by Gasteiger charge is -2.27. The number of rotatable bonds is 5. The van der Waals surface area contributed by atoms with E-state index in [2.05, 4.69) is 229 Å². The number of anilines is 3. The number of fused-ring (bicyclic) bond motifs is 7. The van der Waals surface area contributed by atoms with Crippen molar-refractivity contribution in [3.05, 3.63) is 173 Å². The first-order chi connectivity index (χ1) is 27.5. The number of halogens is 1. The van der Waals surface area contributed by atoms with Crippen LogP contribution in [0.15, 0.2) is 162 Å². The standard InChI is InChI=1S/C52H44BrN3S/c1-51(2,3)33-22-25-36(26-23-33)54(48-32-57-49-27-24-34(28-43(48)49)52(4,5)6)37-16-12-17-38(29-37)56-47-31-46-41(30-42(47)40-19-13-20-44(53)50(40)56)39-18-10-11-21-45(39)55(46)35-14-8-7-9-15-35/h7-32H,1-6H3. The smallest absolute Gasteiger partial charge is 0.0683 e. The van der Waals surface area contributed by atoms with Crippen LogP contribution >= 0.6 is 27.3 Å². The van der Waals surface area contributed by atoms with E-state index in [4.69, 9.17) is 0 Å². The Bertz CT molecular complexity index is 3150. The molecule has 0 aliphatic heterocycles. The van der Waals surface area contributed by atoms with Gasteiger partial charge in [0.1, 0.15) is 0 Å². The summed E-state index contributed by atoms with van der Waals surface area (Å²) in [5.74, 6) is 0. The molecular weight excluding hydrogens is 779 g/mol. The van der Waals surface area contributed by atoms with Crippen LogP contribution < -0.4 is 4.90 Å². The molecule has 0 unspecified atom stereocenters. The molecule has 0 saturated heterocycles. The second kappa shape index (κ2) is 13.2. The Labute approximate surface area is 346 Å². The maximum Gasteiger partial charge on any atom is 0.0683 e. The molecule has 0 aliphatic carbocycles. The van der Waals surface area contributed by atoms with Gasteiger partial charge in [0.15, 0.2) is 0 Å². The highest BCUT2D eigenvalue weighted by atomic mass is 79.9. The van der Waals surface area contributed by atoms with Gasteiger partial charge >= 0.3 is 0 Å². The lowest BCUT2D eigenvalue weighted by Crippen LogP contribution is -2.13. The summed E-state index contributed by atoms with van der Waals surface area (Å²) in [5, 5.41) is 8.55. The minimum atomic E-state index is 0.0358. The lowest BCUT2D eigenvalue weighted by molar-refractivity contribution is 0.590. The van der Waals surface area contributed by atoms with Crippen LogP contribution in [0.5, 0.6) is 0 Å². The number of thiophene rings is 1. The summed E-state index contributed by atoms with van der Waals surface area (Å²) in [6.45, 7) is 13.7. The van der Waals surface area contributed by atoms with Gasteiger partial charge < -0.3 is 14.0 Å². The summed E-state index contributed by atoms with van der Waals surface area (Å²) in [7, 11) is 0. The van der Waals surface area contributed by atoms with Crippen LogP contribution in [0.1, 0.15) is 52.7 Å². The molecule has 10 aromatic rings. The molecule has 280 valence electrons. The normalized spacial score (nSPS) is 12.5. The predicted molar refractivity (Wildman–Crippen MR) is 250 cm³/mol. The predicted octanol–water partition coefficient (Wildman–Crippen LogP) is 15.9. The molecule has 3 nitrogen and oxygen atoms in total. The topological polar surface area (TPSA) is 13.1 Å². The Morgan fingerprint density at radius 2 is 1.12 bits per heavy atom. The molecule has 0 radical (unpaired) electrons. The Morgan fingerprint density at radius 3 is 1.89 bits per heavy atom. The van der Waals surface area contributed by atoms with Crippen molar-refractivity contribution in [1.82, 2.24) is 9.13 Å². The van der Waals surface area contributed by atoms with E-state index in [-0.39, 0.29) is 10.8 Å². The van der Waals surface area contributed by atoms with Crippen LogP contribution in [-0.4, -0.2) is 9.13 Å². The highest BCUT2D eigenvalue weighted by Gasteiger charge is 2.24. The first-order valence-corrected chi connectivity index (χ1v) is 21.4. The van der Waals surface area contributed by atoms with Gasteiger partial charge in [0.05, 0.1) is 27.8 Å². The summed E-state index contributed by atoms with van der Waals surface area (Å²) in [6.07, 6.45) is 0. The minimum absolute atomic E-state index is 0.0358. The molecule has 3 aromatic heterocycles. The van der Waals surface area contributed by atoms with E-state index in [1.807, 2.05) is 11.3 Å². The Balaban J connectivity index is 1.24. The molecule has 7 aromatic carbocycles. The van der Waals surface area contributed by atoms with Crippen molar-refractivity contribution in [2.75, 3.05) is 4.90 Å². The molecule has 3 heterocycles. The number of para-hydroxylation sites is 3. The van der Waals surface area contributed by atoms with Crippen molar-refractivity contribution < 1.29 is 0 Å². The number of aromatic nitrogens is 2. The Kier molecular flexibility index (Phi) is 8.30. The van der Waals surface area contributed by atoms with Crippen molar-refractivity contribution in [3.63, 3.8) is 0 Å². The van der Waals surface area contributed by atoms with Crippen LogP contribution in [0, 0.1) is 0 Å². The van der Waals surface area contributed by atoms with Crippen molar-refractivity contribution >= 4 is 98.0 Å². The molecule has 0 atom stereocenters. The second-order valence-corrected chi connectivity index (χ2v) is 19.0. The number of nitrogens with zero attached hydrogens (tertiary/aromatic N) is 3. The molecule has 0 saturated carbocycles. The SMILES string of the molecule is CC(C)(C)c1ccc(N(c2cccc(-n3c4cc5c(cc4c4cccc(Br)c43)c3ccccc3n5-c3ccccc3)c2)c2csc3ccc(C(C)(C)C)cc23)cc1. The average molecular weight is 823 g/mol. The second-order valence-electron chi connectivity index (χ2n) is 17.3. The van der Waals surface area contributed by atoms with Gasteiger partial charge in [-0.2, -0.15) is 0 Å². The maximum atomic E-state index is 4.01. The zero-order chi connectivity index (χ0) is 39.2. The lowest BCUT2D eigenvalue weighted by atomic mass is 9.86. The van der Waals surface area contributed by atoms with Crippen LogP contribution in [-0.2, 0) is 10.8 Å². The van der Waals surface area contributed by atoms with Gasteiger partial charge in [-0.25, -0.2) is 0 Å². The summed E-state index contributed by atoms with van der Waals surface area (Å²) in [5.41, 5.74) is 13.2. The number of benzene rings is 7. The molecule has 0 aliphatic rings. The van der Waals surface area contributed by atoms with E-state index in [0.717, 1.165) is 32.7 Å². The summed E-state index contributed by atoms with van der Waals surface area (Å²) in [6, 6.07) is 56.2. The van der Waals surface area contributed by atoms with Gasteiger partial charge in [-0.1, -0.05) is 114 Å². The fourth-order valence-electron chi connectivity index (χ4n) is 8.57. The Morgan fingerprint density at radius 1 is 0.474 bits per heavy atom. The van der Waals surface area contributed by atoms with Crippen LogP contribution in [0.25, 0.3) is 65.1 Å². The number of hydrogen-bond acceptors (Lipinski definition) is 2. The molecule has 0 fully saturated rings. The van der Waals surface area contributed by atoms with Crippen molar-refractivity contribution in [2.24, 2.45) is 0 Å². The monoisotopic (exact) mass is 821 g/mol. The molecule has 0 spiro atoms. The van der Waals surface area contributed by atoms with Crippen LogP contribution in [0.2, 0.25) is 0 Å². The van der Waals surface area contributed by atoms with E-state index in [0.29, 0.717) is 0 Å². The first-order valence-electron chi connectivity index (χ1n) is 19.7. The summed E-state index contributed by atoms with van der Waals surface area (Å²) in [4.78, 5) is 2.45. The molecule has 0 amide bonds. The fraction of sp³-hybridized carbons (Fsp3) is 0.154. The fourth-order valence-corrected chi connectivity index (χ4v) is 10.0. The van der Waals surface area contributed by atoms with Gasteiger partial charge in [-0.15, -0.1) is 11.3 Å².